The zero-order valence-electron chi connectivity index (χ0n) is 13.8. The van der Waals surface area contributed by atoms with Crippen molar-refractivity contribution >= 4 is 5.97 Å². The van der Waals surface area contributed by atoms with Gasteiger partial charge < -0.3 is 9.47 Å². The normalized spacial score (nSPS) is 10.5. The standard InChI is InChI=1S/C19H18N2O3/c1-13-8-10-14(11-9-13)21-12-16(19(22)24-3)20-18(21)15-6-4-5-7-17(15)23-2/h4-12H,1-3H3. The van der Waals surface area contributed by atoms with Crippen molar-refractivity contribution in [1.29, 1.82) is 0 Å². The highest BCUT2D eigenvalue weighted by Crippen LogP contribution is 2.31. The lowest BCUT2D eigenvalue weighted by molar-refractivity contribution is 0.0594. The maximum atomic E-state index is 11.9. The van der Waals surface area contributed by atoms with Gasteiger partial charge in [-0.2, -0.15) is 0 Å². The first-order valence-electron chi connectivity index (χ1n) is 7.52. The average molecular weight is 322 g/mol. The third kappa shape index (κ3) is 2.88. The summed E-state index contributed by atoms with van der Waals surface area (Å²) in [7, 11) is 2.95. The molecule has 0 bridgehead atoms. The topological polar surface area (TPSA) is 53.4 Å². The van der Waals surface area contributed by atoms with E-state index < -0.39 is 5.97 Å². The molecule has 0 saturated heterocycles. The molecule has 0 fully saturated rings. The van der Waals surface area contributed by atoms with Crippen LogP contribution >= 0.6 is 0 Å². The molecular weight excluding hydrogens is 304 g/mol. The van der Waals surface area contributed by atoms with Gasteiger partial charge in [-0.3, -0.25) is 4.57 Å². The van der Waals surface area contributed by atoms with Gasteiger partial charge in [0.25, 0.3) is 0 Å². The van der Waals surface area contributed by atoms with Crippen molar-refractivity contribution < 1.29 is 14.3 Å². The Kier molecular flexibility index (Phi) is 4.33. The van der Waals surface area contributed by atoms with Crippen LogP contribution in [0.1, 0.15) is 16.1 Å². The van der Waals surface area contributed by atoms with Crippen molar-refractivity contribution in [3.63, 3.8) is 0 Å². The summed E-state index contributed by atoms with van der Waals surface area (Å²) in [5, 5.41) is 0. The van der Waals surface area contributed by atoms with Gasteiger partial charge in [-0.05, 0) is 31.2 Å². The molecule has 0 aliphatic carbocycles. The van der Waals surface area contributed by atoms with Gasteiger partial charge in [0.2, 0.25) is 0 Å². The molecule has 5 heteroatoms. The first-order valence-corrected chi connectivity index (χ1v) is 7.52. The van der Waals surface area contributed by atoms with Crippen LogP contribution in [0, 0.1) is 6.92 Å². The highest BCUT2D eigenvalue weighted by molar-refractivity contribution is 5.88. The minimum atomic E-state index is -0.475. The van der Waals surface area contributed by atoms with E-state index in [0.717, 1.165) is 16.8 Å². The molecular formula is C19H18N2O3. The molecule has 0 unspecified atom stereocenters. The molecule has 2 aromatic carbocycles. The van der Waals surface area contributed by atoms with Crippen LogP contribution in [-0.2, 0) is 4.74 Å². The number of hydrogen-bond acceptors (Lipinski definition) is 4. The number of benzene rings is 2. The van der Waals surface area contributed by atoms with Crippen LogP contribution in [0.4, 0.5) is 0 Å². The summed E-state index contributed by atoms with van der Waals surface area (Å²) in [6, 6.07) is 15.6. The minimum absolute atomic E-state index is 0.249. The second-order valence-electron chi connectivity index (χ2n) is 5.35. The number of carbonyl (C=O) groups is 1. The van der Waals surface area contributed by atoms with Crippen LogP contribution in [0.3, 0.4) is 0 Å². The summed E-state index contributed by atoms with van der Waals surface area (Å²) in [6.45, 7) is 2.03. The Morgan fingerprint density at radius 3 is 2.42 bits per heavy atom. The van der Waals surface area contributed by atoms with E-state index in [1.807, 2.05) is 60.0 Å². The van der Waals surface area contributed by atoms with Crippen LogP contribution in [0.5, 0.6) is 5.75 Å². The van der Waals surface area contributed by atoms with E-state index in [9.17, 15) is 4.79 Å². The number of para-hydroxylation sites is 1. The van der Waals surface area contributed by atoms with Crippen LogP contribution in [0.15, 0.2) is 54.7 Å². The molecule has 1 heterocycles. The molecule has 0 N–H and O–H groups in total. The second-order valence-corrected chi connectivity index (χ2v) is 5.35. The van der Waals surface area contributed by atoms with E-state index in [1.165, 1.54) is 7.11 Å². The van der Waals surface area contributed by atoms with E-state index in [0.29, 0.717) is 11.6 Å². The number of aromatic nitrogens is 2. The molecule has 3 aromatic rings. The number of aryl methyl sites for hydroxylation is 1. The maximum Gasteiger partial charge on any atom is 0.358 e. The van der Waals surface area contributed by atoms with Crippen LogP contribution in [0.2, 0.25) is 0 Å². The quantitative estimate of drug-likeness (QED) is 0.688. The highest BCUT2D eigenvalue weighted by Gasteiger charge is 2.19. The summed E-state index contributed by atoms with van der Waals surface area (Å²) >= 11 is 0. The molecule has 0 aliphatic rings. The number of methoxy groups -OCH3 is 2. The van der Waals surface area contributed by atoms with Crippen molar-refractivity contribution in [3.05, 3.63) is 66.0 Å². The third-order valence-corrected chi connectivity index (χ3v) is 3.76. The summed E-state index contributed by atoms with van der Waals surface area (Å²) in [4.78, 5) is 16.4. The molecule has 24 heavy (non-hydrogen) atoms. The van der Waals surface area contributed by atoms with Crippen LogP contribution < -0.4 is 4.74 Å². The Labute approximate surface area is 140 Å². The monoisotopic (exact) mass is 322 g/mol. The van der Waals surface area contributed by atoms with E-state index in [4.69, 9.17) is 9.47 Å². The number of rotatable bonds is 4. The Hall–Kier alpha value is -3.08. The molecule has 1 aromatic heterocycles. The van der Waals surface area contributed by atoms with Crippen molar-refractivity contribution in [2.45, 2.75) is 6.92 Å². The number of carbonyl (C=O) groups excluding carboxylic acids is 1. The number of imidazole rings is 1. The lowest BCUT2D eigenvalue weighted by Crippen LogP contribution is -2.01. The van der Waals surface area contributed by atoms with Gasteiger partial charge in [0.15, 0.2) is 5.69 Å². The summed E-state index contributed by atoms with van der Waals surface area (Å²) in [5.41, 5.74) is 3.12. The van der Waals surface area contributed by atoms with Crippen molar-refractivity contribution in [2.75, 3.05) is 14.2 Å². The van der Waals surface area contributed by atoms with E-state index in [1.54, 1.807) is 13.3 Å². The van der Waals surface area contributed by atoms with Gasteiger partial charge in [0, 0.05) is 11.9 Å². The lowest BCUT2D eigenvalue weighted by atomic mass is 10.1. The number of esters is 1. The summed E-state index contributed by atoms with van der Waals surface area (Å²) in [5.74, 6) is 0.835. The van der Waals surface area contributed by atoms with E-state index in [2.05, 4.69) is 4.98 Å². The Morgan fingerprint density at radius 1 is 1.04 bits per heavy atom. The van der Waals surface area contributed by atoms with E-state index in [-0.39, 0.29) is 5.69 Å². The van der Waals surface area contributed by atoms with Gasteiger partial charge >= 0.3 is 5.97 Å². The Balaban J connectivity index is 2.21. The molecule has 0 amide bonds. The van der Waals surface area contributed by atoms with Gasteiger partial charge in [0.1, 0.15) is 11.6 Å². The predicted octanol–water partition coefficient (Wildman–Crippen LogP) is 3.64. The maximum absolute atomic E-state index is 11.9. The smallest absolute Gasteiger partial charge is 0.358 e. The fourth-order valence-electron chi connectivity index (χ4n) is 2.50. The first-order chi connectivity index (χ1) is 11.6. The summed E-state index contributed by atoms with van der Waals surface area (Å²) in [6.07, 6.45) is 1.68. The molecule has 0 saturated carbocycles. The second kappa shape index (κ2) is 6.58. The van der Waals surface area contributed by atoms with E-state index >= 15 is 0 Å². The van der Waals surface area contributed by atoms with Gasteiger partial charge in [-0.15, -0.1) is 0 Å². The zero-order chi connectivity index (χ0) is 17.1. The zero-order valence-corrected chi connectivity index (χ0v) is 13.8. The number of nitrogens with zero attached hydrogens (tertiary/aromatic N) is 2. The molecule has 0 aliphatic heterocycles. The SMILES string of the molecule is COC(=O)c1cn(-c2ccc(C)cc2)c(-c2ccccc2OC)n1. The largest absolute Gasteiger partial charge is 0.496 e. The highest BCUT2D eigenvalue weighted by atomic mass is 16.5. The summed E-state index contributed by atoms with van der Waals surface area (Å²) < 4.78 is 12.1. The Morgan fingerprint density at radius 2 is 1.75 bits per heavy atom. The molecule has 3 rings (SSSR count). The van der Waals surface area contributed by atoms with Crippen molar-refractivity contribution in [1.82, 2.24) is 9.55 Å². The van der Waals surface area contributed by atoms with Gasteiger partial charge in [-0.25, -0.2) is 9.78 Å². The van der Waals surface area contributed by atoms with Crippen molar-refractivity contribution in [2.24, 2.45) is 0 Å². The molecule has 5 nitrogen and oxygen atoms in total. The van der Waals surface area contributed by atoms with Crippen molar-refractivity contribution in [3.8, 4) is 22.8 Å². The minimum Gasteiger partial charge on any atom is -0.496 e. The van der Waals surface area contributed by atoms with Gasteiger partial charge in [0.05, 0.1) is 19.8 Å². The van der Waals surface area contributed by atoms with Crippen LogP contribution in [0.25, 0.3) is 17.1 Å². The lowest BCUT2D eigenvalue weighted by Gasteiger charge is -2.11. The first kappa shape index (κ1) is 15.8. The van der Waals surface area contributed by atoms with Gasteiger partial charge in [-0.1, -0.05) is 29.8 Å². The molecule has 0 spiro atoms. The number of hydrogen-bond donors (Lipinski definition) is 0. The average Bonchev–Trinajstić information content (AvgIpc) is 3.06. The Bertz CT molecular complexity index is 867. The fraction of sp³-hybridized carbons (Fsp3) is 0.158. The molecule has 0 radical (unpaired) electrons. The number of ether oxygens (including phenoxy) is 2. The molecule has 0 atom stereocenters. The predicted molar refractivity (Wildman–Crippen MR) is 91.6 cm³/mol. The van der Waals surface area contributed by atoms with Crippen LogP contribution in [-0.4, -0.2) is 29.7 Å². The molecule has 122 valence electrons. The third-order valence-electron chi connectivity index (χ3n) is 3.76. The fourth-order valence-corrected chi connectivity index (χ4v) is 2.50.